The Labute approximate surface area is 116 Å². The zero-order valence-corrected chi connectivity index (χ0v) is 12.9. The molecule has 0 aromatic heterocycles. The Kier molecular flexibility index (Phi) is 5.52. The lowest BCUT2D eigenvalue weighted by atomic mass is 10.1. The lowest BCUT2D eigenvalue weighted by molar-refractivity contribution is 0.281. The summed E-state index contributed by atoms with van der Waals surface area (Å²) in [5.41, 5.74) is 1.31. The van der Waals surface area contributed by atoms with Crippen molar-refractivity contribution in [2.45, 2.75) is 38.7 Å². The summed E-state index contributed by atoms with van der Waals surface area (Å²) in [5, 5.41) is 9.12. The Morgan fingerprint density at radius 1 is 1.32 bits per heavy atom. The first-order chi connectivity index (χ1) is 8.78. The highest BCUT2D eigenvalue weighted by Gasteiger charge is 2.22. The van der Waals surface area contributed by atoms with Gasteiger partial charge in [0.2, 0.25) is 10.0 Å². The lowest BCUT2D eigenvalue weighted by Gasteiger charge is -2.19. The molecule has 4 nitrogen and oxygen atoms in total. The van der Waals surface area contributed by atoms with E-state index in [1.807, 2.05) is 0 Å². The van der Waals surface area contributed by atoms with Gasteiger partial charge < -0.3 is 5.11 Å². The molecule has 0 atom stereocenters. The summed E-state index contributed by atoms with van der Waals surface area (Å²) in [6, 6.07) is 5.02. The first-order valence-corrected chi connectivity index (χ1v) is 7.89. The molecule has 0 radical (unpaired) electrons. The summed E-state index contributed by atoms with van der Waals surface area (Å²) >= 11 is 0. The highest BCUT2D eigenvalue weighted by Crippen LogP contribution is 2.21. The molecule has 1 rings (SSSR count). The van der Waals surface area contributed by atoms with E-state index in [4.69, 9.17) is 5.11 Å². The van der Waals surface area contributed by atoms with E-state index in [1.165, 1.54) is 4.31 Å². The molecule has 0 aliphatic rings. The van der Waals surface area contributed by atoms with Crippen molar-refractivity contribution in [1.29, 1.82) is 0 Å². The Morgan fingerprint density at radius 2 is 1.95 bits per heavy atom. The molecule has 0 amide bonds. The highest BCUT2D eigenvalue weighted by molar-refractivity contribution is 7.89. The minimum absolute atomic E-state index is 0.154. The van der Waals surface area contributed by atoms with Gasteiger partial charge in [0.15, 0.2) is 0 Å². The van der Waals surface area contributed by atoms with Crippen LogP contribution in [0.4, 0.5) is 0 Å². The van der Waals surface area contributed by atoms with Gasteiger partial charge in [0.25, 0.3) is 0 Å². The number of sulfonamides is 1. The summed E-state index contributed by atoms with van der Waals surface area (Å²) in [4.78, 5) is 0.283. The van der Waals surface area contributed by atoms with Crippen molar-refractivity contribution in [3.8, 4) is 0 Å². The van der Waals surface area contributed by atoms with Crippen LogP contribution in [0, 0.1) is 12.8 Å². The van der Waals surface area contributed by atoms with Crippen molar-refractivity contribution in [2.75, 3.05) is 13.6 Å². The number of aliphatic hydroxyl groups is 1. The molecular formula is C14H23NO3S. The fourth-order valence-electron chi connectivity index (χ4n) is 1.75. The monoisotopic (exact) mass is 285 g/mol. The molecule has 108 valence electrons. The summed E-state index contributed by atoms with van der Waals surface area (Å²) < 4.78 is 26.3. The molecule has 0 saturated carbocycles. The van der Waals surface area contributed by atoms with Crippen LogP contribution in [-0.2, 0) is 16.6 Å². The fraction of sp³-hybridized carbons (Fsp3) is 0.571. The molecule has 19 heavy (non-hydrogen) atoms. The maximum atomic E-state index is 12.5. The molecule has 0 fully saturated rings. The first-order valence-electron chi connectivity index (χ1n) is 6.45. The number of hydrogen-bond acceptors (Lipinski definition) is 3. The van der Waals surface area contributed by atoms with Gasteiger partial charge in [-0.1, -0.05) is 26.0 Å². The van der Waals surface area contributed by atoms with Crippen LogP contribution in [0.1, 0.15) is 31.4 Å². The third kappa shape index (κ3) is 4.03. The maximum Gasteiger partial charge on any atom is 0.243 e. The molecule has 1 aromatic rings. The summed E-state index contributed by atoms with van der Waals surface area (Å²) in [6.45, 7) is 6.25. The van der Waals surface area contributed by atoms with Crippen LogP contribution in [0.15, 0.2) is 23.1 Å². The second-order valence-electron chi connectivity index (χ2n) is 5.27. The van der Waals surface area contributed by atoms with E-state index >= 15 is 0 Å². The second kappa shape index (κ2) is 6.50. The predicted octanol–water partition coefficient (Wildman–Crippen LogP) is 2.15. The van der Waals surface area contributed by atoms with Crippen LogP contribution >= 0.6 is 0 Å². The van der Waals surface area contributed by atoms with Gasteiger partial charge in [0.1, 0.15) is 0 Å². The lowest BCUT2D eigenvalue weighted by Crippen LogP contribution is -2.29. The third-order valence-corrected chi connectivity index (χ3v) is 5.14. The minimum atomic E-state index is -3.48. The predicted molar refractivity (Wildman–Crippen MR) is 76.4 cm³/mol. The molecule has 0 bridgehead atoms. The quantitative estimate of drug-likeness (QED) is 0.871. The van der Waals surface area contributed by atoms with Crippen LogP contribution in [0.5, 0.6) is 0 Å². The average molecular weight is 285 g/mol. The number of rotatable bonds is 6. The molecule has 0 heterocycles. The van der Waals surface area contributed by atoms with Crippen LogP contribution in [0.2, 0.25) is 0 Å². The van der Waals surface area contributed by atoms with E-state index in [1.54, 1.807) is 32.2 Å². The largest absolute Gasteiger partial charge is 0.392 e. The second-order valence-corrected chi connectivity index (χ2v) is 7.28. The van der Waals surface area contributed by atoms with Gasteiger partial charge in [-0.3, -0.25) is 0 Å². The van der Waals surface area contributed by atoms with Crippen LogP contribution < -0.4 is 0 Å². The minimum Gasteiger partial charge on any atom is -0.392 e. The van der Waals surface area contributed by atoms with Crippen molar-refractivity contribution in [3.63, 3.8) is 0 Å². The molecule has 0 aliphatic heterocycles. The summed E-state index contributed by atoms with van der Waals surface area (Å²) in [6.07, 6.45) is 0.828. The van der Waals surface area contributed by atoms with Gasteiger partial charge in [0, 0.05) is 13.6 Å². The number of aryl methyl sites for hydroxylation is 1. The molecule has 5 heteroatoms. The smallest absolute Gasteiger partial charge is 0.243 e. The standard InChI is InChI=1S/C14H23NO3S/c1-11(2)7-8-15(4)19(17,18)14-9-13(10-16)6-5-12(14)3/h5-6,9,11,16H,7-8,10H2,1-4H3. The van der Waals surface area contributed by atoms with Crippen molar-refractivity contribution >= 4 is 10.0 Å². The Hall–Kier alpha value is -0.910. The van der Waals surface area contributed by atoms with Crippen LogP contribution in [-0.4, -0.2) is 31.4 Å². The Balaban J connectivity index is 3.05. The van der Waals surface area contributed by atoms with Crippen molar-refractivity contribution in [1.82, 2.24) is 4.31 Å². The van der Waals surface area contributed by atoms with Gasteiger partial charge in [-0.05, 0) is 36.5 Å². The highest BCUT2D eigenvalue weighted by atomic mass is 32.2. The normalized spacial score (nSPS) is 12.4. The Bertz CT molecular complexity index is 523. The number of nitrogens with zero attached hydrogens (tertiary/aromatic N) is 1. The number of benzene rings is 1. The molecule has 0 unspecified atom stereocenters. The van der Waals surface area contributed by atoms with E-state index in [0.29, 0.717) is 23.6 Å². The van der Waals surface area contributed by atoms with Gasteiger partial charge in [-0.15, -0.1) is 0 Å². The van der Waals surface area contributed by atoms with Crippen molar-refractivity contribution in [3.05, 3.63) is 29.3 Å². The molecule has 0 aliphatic carbocycles. The van der Waals surface area contributed by atoms with E-state index in [-0.39, 0.29) is 11.5 Å². The molecular weight excluding hydrogens is 262 g/mol. The number of aliphatic hydroxyl groups excluding tert-OH is 1. The zero-order chi connectivity index (χ0) is 14.6. The zero-order valence-electron chi connectivity index (χ0n) is 12.0. The fourth-order valence-corrected chi connectivity index (χ4v) is 3.21. The SMILES string of the molecule is Cc1ccc(CO)cc1S(=O)(=O)N(C)CCC(C)C. The van der Waals surface area contributed by atoms with Gasteiger partial charge in [-0.2, -0.15) is 0 Å². The van der Waals surface area contributed by atoms with E-state index < -0.39 is 10.0 Å². The summed E-state index contributed by atoms with van der Waals surface area (Å²) in [7, 11) is -1.88. The van der Waals surface area contributed by atoms with Crippen molar-refractivity contribution < 1.29 is 13.5 Å². The van der Waals surface area contributed by atoms with E-state index in [2.05, 4.69) is 13.8 Å². The topological polar surface area (TPSA) is 57.6 Å². The van der Waals surface area contributed by atoms with Crippen molar-refractivity contribution in [2.24, 2.45) is 5.92 Å². The summed E-state index contributed by atoms with van der Waals surface area (Å²) in [5.74, 6) is 0.461. The third-order valence-electron chi connectivity index (χ3n) is 3.14. The number of hydrogen-bond donors (Lipinski definition) is 1. The van der Waals surface area contributed by atoms with Gasteiger partial charge >= 0.3 is 0 Å². The van der Waals surface area contributed by atoms with Crippen LogP contribution in [0.25, 0.3) is 0 Å². The van der Waals surface area contributed by atoms with E-state index in [0.717, 1.165) is 6.42 Å². The average Bonchev–Trinajstić information content (AvgIpc) is 2.36. The molecule has 1 N–H and O–H groups in total. The van der Waals surface area contributed by atoms with E-state index in [9.17, 15) is 8.42 Å². The molecule has 0 saturated heterocycles. The maximum absolute atomic E-state index is 12.5. The first kappa shape index (κ1) is 16.1. The molecule has 0 spiro atoms. The Morgan fingerprint density at radius 3 is 2.47 bits per heavy atom. The van der Waals surface area contributed by atoms with Gasteiger partial charge in [0.05, 0.1) is 11.5 Å². The van der Waals surface area contributed by atoms with Gasteiger partial charge in [-0.25, -0.2) is 12.7 Å². The van der Waals surface area contributed by atoms with Crippen LogP contribution in [0.3, 0.4) is 0 Å². The molecule has 1 aromatic carbocycles.